The number of nitrogens with two attached hydrogens (primary N) is 1. The molecule has 8 heteroatoms. The lowest BCUT2D eigenvalue weighted by atomic mass is 10.3. The van der Waals surface area contributed by atoms with Crippen LogP contribution in [0.15, 0.2) is 36.7 Å². The van der Waals surface area contributed by atoms with E-state index in [0.29, 0.717) is 32.2 Å². The zero-order chi connectivity index (χ0) is 18.0. The largest absolute Gasteiger partial charge is 0.492 e. The summed E-state index contributed by atoms with van der Waals surface area (Å²) in [6.07, 6.45) is 3.33. The maximum Gasteiger partial charge on any atom is 0.257 e. The minimum absolute atomic E-state index is 0.381. The van der Waals surface area contributed by atoms with Crippen molar-refractivity contribution >= 4 is 5.82 Å². The van der Waals surface area contributed by atoms with Crippen LogP contribution in [0.2, 0.25) is 0 Å². The Morgan fingerprint density at radius 2 is 1.65 bits per heavy atom. The molecule has 0 saturated carbocycles. The smallest absolute Gasteiger partial charge is 0.257 e. The molecular formula is C18H25N5O3. The number of anilines is 1. The van der Waals surface area contributed by atoms with Crippen molar-refractivity contribution in [2.24, 2.45) is 5.73 Å². The molecule has 3 rings (SSSR count). The number of ether oxygens (including phenoxy) is 3. The van der Waals surface area contributed by atoms with E-state index in [4.69, 9.17) is 19.9 Å². The van der Waals surface area contributed by atoms with Gasteiger partial charge in [-0.1, -0.05) is 6.07 Å². The van der Waals surface area contributed by atoms with E-state index in [1.165, 1.54) is 0 Å². The van der Waals surface area contributed by atoms with Crippen LogP contribution >= 0.6 is 0 Å². The lowest BCUT2D eigenvalue weighted by Gasteiger charge is -2.28. The third-order valence-corrected chi connectivity index (χ3v) is 3.85. The first-order valence-corrected chi connectivity index (χ1v) is 8.82. The van der Waals surface area contributed by atoms with Crippen LogP contribution in [0.4, 0.5) is 5.82 Å². The molecule has 26 heavy (non-hydrogen) atoms. The van der Waals surface area contributed by atoms with E-state index < -0.39 is 0 Å². The highest BCUT2D eigenvalue weighted by Crippen LogP contribution is 2.23. The molecular weight excluding hydrogens is 334 g/mol. The van der Waals surface area contributed by atoms with Gasteiger partial charge in [0.1, 0.15) is 31.3 Å². The van der Waals surface area contributed by atoms with Crippen molar-refractivity contribution in [3.63, 3.8) is 0 Å². The predicted octanol–water partition coefficient (Wildman–Crippen LogP) is 0.681. The van der Waals surface area contributed by atoms with Crippen molar-refractivity contribution in [3.05, 3.63) is 36.7 Å². The number of piperazine rings is 1. The molecule has 1 fully saturated rings. The van der Waals surface area contributed by atoms with Gasteiger partial charge in [0.15, 0.2) is 5.82 Å². The van der Waals surface area contributed by atoms with Crippen LogP contribution in [0.1, 0.15) is 0 Å². The molecule has 1 aromatic carbocycles. The van der Waals surface area contributed by atoms with E-state index in [-0.39, 0.29) is 0 Å². The molecule has 3 N–H and O–H groups in total. The standard InChI is InChI=1S/C18H25N5O3/c19-4-11-24-15-2-1-3-16(14-15)25-12-13-26-18-17(21-5-6-22-18)23-9-7-20-8-10-23/h1-3,5-6,14,20H,4,7-13,19H2. The minimum atomic E-state index is 0.381. The lowest BCUT2D eigenvalue weighted by molar-refractivity contribution is 0.211. The Bertz CT molecular complexity index is 679. The molecule has 140 valence electrons. The Morgan fingerprint density at radius 1 is 0.962 bits per heavy atom. The van der Waals surface area contributed by atoms with Crippen LogP contribution < -0.4 is 30.2 Å². The summed E-state index contributed by atoms with van der Waals surface area (Å²) >= 11 is 0. The summed E-state index contributed by atoms with van der Waals surface area (Å²) in [5.74, 6) is 2.79. The zero-order valence-corrected chi connectivity index (χ0v) is 14.8. The number of rotatable bonds is 9. The molecule has 1 saturated heterocycles. The second-order valence-corrected chi connectivity index (χ2v) is 5.73. The third kappa shape index (κ3) is 5.21. The van der Waals surface area contributed by atoms with Gasteiger partial charge in [0.05, 0.1) is 0 Å². The summed E-state index contributed by atoms with van der Waals surface area (Å²) in [5.41, 5.74) is 5.44. The quantitative estimate of drug-likeness (QED) is 0.631. The molecule has 0 amide bonds. The molecule has 1 aliphatic heterocycles. The molecule has 0 unspecified atom stereocenters. The Kier molecular flexibility index (Phi) is 6.86. The van der Waals surface area contributed by atoms with Gasteiger partial charge < -0.3 is 30.2 Å². The van der Waals surface area contributed by atoms with Crippen molar-refractivity contribution in [3.8, 4) is 17.4 Å². The molecule has 1 aliphatic rings. The van der Waals surface area contributed by atoms with Crippen LogP contribution in [-0.4, -0.2) is 62.5 Å². The molecule has 2 heterocycles. The van der Waals surface area contributed by atoms with Crippen molar-refractivity contribution in [1.29, 1.82) is 0 Å². The SMILES string of the molecule is NCCOc1cccc(OCCOc2nccnc2N2CCNCC2)c1. The summed E-state index contributed by atoms with van der Waals surface area (Å²) in [7, 11) is 0. The number of hydrogen-bond acceptors (Lipinski definition) is 8. The average Bonchev–Trinajstić information content (AvgIpc) is 2.71. The first-order valence-electron chi connectivity index (χ1n) is 8.82. The van der Waals surface area contributed by atoms with Crippen molar-refractivity contribution < 1.29 is 14.2 Å². The monoisotopic (exact) mass is 359 g/mol. The summed E-state index contributed by atoms with van der Waals surface area (Å²) in [5, 5.41) is 3.32. The lowest BCUT2D eigenvalue weighted by Crippen LogP contribution is -2.44. The molecule has 0 radical (unpaired) electrons. The van der Waals surface area contributed by atoms with Gasteiger partial charge in [0.2, 0.25) is 0 Å². The topological polar surface area (TPSA) is 94.8 Å². The summed E-state index contributed by atoms with van der Waals surface area (Å²) in [6.45, 7) is 5.38. The van der Waals surface area contributed by atoms with Crippen LogP contribution in [0.3, 0.4) is 0 Å². The van der Waals surface area contributed by atoms with Gasteiger partial charge in [0.25, 0.3) is 5.88 Å². The van der Waals surface area contributed by atoms with E-state index in [1.807, 2.05) is 24.3 Å². The highest BCUT2D eigenvalue weighted by atomic mass is 16.5. The average molecular weight is 359 g/mol. The Morgan fingerprint density at radius 3 is 2.42 bits per heavy atom. The summed E-state index contributed by atoms with van der Waals surface area (Å²) < 4.78 is 17.0. The Labute approximate surface area is 153 Å². The number of nitrogens with zero attached hydrogens (tertiary/aromatic N) is 3. The highest BCUT2D eigenvalue weighted by Gasteiger charge is 2.17. The third-order valence-electron chi connectivity index (χ3n) is 3.85. The van der Waals surface area contributed by atoms with E-state index in [9.17, 15) is 0 Å². The van der Waals surface area contributed by atoms with Gasteiger partial charge in [-0.25, -0.2) is 9.97 Å². The molecule has 2 aromatic rings. The molecule has 0 spiro atoms. The van der Waals surface area contributed by atoms with E-state index in [2.05, 4.69) is 20.2 Å². The van der Waals surface area contributed by atoms with Gasteiger partial charge in [-0.05, 0) is 12.1 Å². The molecule has 0 atom stereocenters. The minimum Gasteiger partial charge on any atom is -0.492 e. The second-order valence-electron chi connectivity index (χ2n) is 5.73. The van der Waals surface area contributed by atoms with Crippen molar-refractivity contribution in [2.75, 3.05) is 57.4 Å². The zero-order valence-electron chi connectivity index (χ0n) is 14.8. The van der Waals surface area contributed by atoms with Crippen LogP contribution in [0.5, 0.6) is 17.4 Å². The fourth-order valence-corrected chi connectivity index (χ4v) is 2.64. The maximum absolute atomic E-state index is 5.80. The fraction of sp³-hybridized carbons (Fsp3) is 0.444. The van der Waals surface area contributed by atoms with Crippen molar-refractivity contribution in [1.82, 2.24) is 15.3 Å². The summed E-state index contributed by atoms with van der Waals surface area (Å²) in [4.78, 5) is 10.9. The predicted molar refractivity (Wildman–Crippen MR) is 99.1 cm³/mol. The van der Waals surface area contributed by atoms with Crippen LogP contribution in [-0.2, 0) is 0 Å². The van der Waals surface area contributed by atoms with Gasteiger partial charge in [0, 0.05) is 51.2 Å². The maximum atomic E-state index is 5.80. The highest BCUT2D eigenvalue weighted by molar-refractivity contribution is 5.48. The van der Waals surface area contributed by atoms with Crippen molar-refractivity contribution in [2.45, 2.75) is 0 Å². The first kappa shape index (κ1) is 18.2. The van der Waals surface area contributed by atoms with E-state index in [0.717, 1.165) is 43.5 Å². The number of aromatic nitrogens is 2. The van der Waals surface area contributed by atoms with Gasteiger partial charge in [-0.2, -0.15) is 0 Å². The second kappa shape index (κ2) is 9.79. The van der Waals surface area contributed by atoms with Gasteiger partial charge in [-0.3, -0.25) is 0 Å². The first-order chi connectivity index (χ1) is 12.9. The molecule has 0 aliphatic carbocycles. The molecule has 0 bridgehead atoms. The number of benzene rings is 1. The van der Waals surface area contributed by atoms with Crippen LogP contribution in [0.25, 0.3) is 0 Å². The number of nitrogens with one attached hydrogen (secondary N) is 1. The van der Waals surface area contributed by atoms with Crippen LogP contribution in [0, 0.1) is 0 Å². The van der Waals surface area contributed by atoms with Gasteiger partial charge in [-0.15, -0.1) is 0 Å². The van der Waals surface area contributed by atoms with E-state index >= 15 is 0 Å². The number of hydrogen-bond donors (Lipinski definition) is 2. The Balaban J connectivity index is 1.49. The fourth-order valence-electron chi connectivity index (χ4n) is 2.64. The molecule has 8 nitrogen and oxygen atoms in total. The summed E-state index contributed by atoms with van der Waals surface area (Å²) in [6, 6.07) is 7.47. The normalized spacial score (nSPS) is 14.1. The van der Waals surface area contributed by atoms with E-state index in [1.54, 1.807) is 12.4 Å². The van der Waals surface area contributed by atoms with Gasteiger partial charge >= 0.3 is 0 Å². The molecule has 1 aromatic heterocycles. The Hall–Kier alpha value is -2.58.